The molecule has 1 aliphatic rings. The number of rotatable bonds is 8. The molecule has 1 fully saturated rings. The van der Waals surface area contributed by atoms with Gasteiger partial charge in [-0.3, -0.25) is 14.5 Å². The van der Waals surface area contributed by atoms with Gasteiger partial charge in [0.15, 0.2) is 0 Å². The van der Waals surface area contributed by atoms with Gasteiger partial charge in [0.25, 0.3) is 5.56 Å². The molecule has 34 heavy (non-hydrogen) atoms. The van der Waals surface area contributed by atoms with Crippen molar-refractivity contribution < 1.29 is 9.18 Å². The minimum atomic E-state index is -0.177. The molecule has 0 unspecified atom stereocenters. The predicted molar refractivity (Wildman–Crippen MR) is 138 cm³/mol. The van der Waals surface area contributed by atoms with Crippen LogP contribution in [0.3, 0.4) is 0 Å². The van der Waals surface area contributed by atoms with Crippen LogP contribution < -0.4 is 15.8 Å². The molecule has 1 amide bonds. The lowest BCUT2D eigenvalue weighted by Crippen LogP contribution is -2.47. The van der Waals surface area contributed by atoms with E-state index >= 15 is 0 Å². The molecule has 1 aromatic heterocycles. The van der Waals surface area contributed by atoms with Crippen molar-refractivity contribution in [2.24, 2.45) is 7.05 Å². The van der Waals surface area contributed by atoms with Crippen LogP contribution in [0.2, 0.25) is 5.02 Å². The van der Waals surface area contributed by atoms with E-state index < -0.39 is 0 Å². The summed E-state index contributed by atoms with van der Waals surface area (Å²) in [6, 6.07) is 13.9. The first-order chi connectivity index (χ1) is 16.4. The number of nitrogens with one attached hydrogen (secondary N) is 1. The fraction of sp³-hybridized carbons (Fsp3) is 0.360. The maximum Gasteiger partial charge on any atom is 0.251 e. The van der Waals surface area contributed by atoms with Gasteiger partial charge in [-0.25, -0.2) is 4.39 Å². The molecule has 0 spiro atoms. The second kappa shape index (κ2) is 11.3. The Balaban J connectivity index is 1.19. The van der Waals surface area contributed by atoms with Crippen LogP contribution in [0.4, 0.5) is 10.1 Å². The first-order valence-electron chi connectivity index (χ1n) is 11.3. The van der Waals surface area contributed by atoms with Crippen molar-refractivity contribution in [1.82, 2.24) is 14.8 Å². The van der Waals surface area contributed by atoms with Gasteiger partial charge in [-0.1, -0.05) is 29.8 Å². The number of anilines is 1. The molecule has 0 aliphatic carbocycles. The Morgan fingerprint density at radius 3 is 2.65 bits per heavy atom. The van der Waals surface area contributed by atoms with E-state index in [-0.39, 0.29) is 23.0 Å². The SMILES string of the molecule is Cn1c(=O)cc(SCC(=O)NCCCN2CCN(c3ccccc3F)CC2)c2ccc(Cl)cc21. The molecule has 4 rings (SSSR count). The summed E-state index contributed by atoms with van der Waals surface area (Å²) in [5, 5.41) is 4.43. The number of nitrogens with zero attached hydrogens (tertiary/aromatic N) is 3. The maximum atomic E-state index is 14.0. The standard InChI is InChI=1S/C25H28ClFN4O2S/c1-29-22-15-18(26)7-8-19(22)23(16-25(29)33)34-17-24(32)28-9-4-10-30-11-13-31(14-12-30)21-6-3-2-5-20(21)27/h2-3,5-8,15-16H,4,9-14,17H2,1H3,(H,28,32). The number of fused-ring (bicyclic) bond motifs is 1. The van der Waals surface area contributed by atoms with Crippen molar-refractivity contribution in [3.05, 3.63) is 69.7 Å². The lowest BCUT2D eigenvalue weighted by atomic mass is 10.2. The number of para-hydroxylation sites is 1. The van der Waals surface area contributed by atoms with Crippen LogP contribution in [0.15, 0.2) is 58.2 Å². The number of carbonyl (C=O) groups excluding carboxylic acids is 1. The molecule has 2 aromatic carbocycles. The van der Waals surface area contributed by atoms with Crippen LogP contribution >= 0.6 is 23.4 Å². The molecule has 0 atom stereocenters. The summed E-state index contributed by atoms with van der Waals surface area (Å²) < 4.78 is 15.5. The highest BCUT2D eigenvalue weighted by Crippen LogP contribution is 2.28. The van der Waals surface area contributed by atoms with Crippen LogP contribution in [0, 0.1) is 5.82 Å². The van der Waals surface area contributed by atoms with Crippen molar-refractivity contribution in [1.29, 1.82) is 0 Å². The van der Waals surface area contributed by atoms with Crippen molar-refractivity contribution >= 4 is 45.9 Å². The van der Waals surface area contributed by atoms with Crippen LogP contribution in [-0.4, -0.2) is 60.4 Å². The smallest absolute Gasteiger partial charge is 0.251 e. The Kier molecular flexibility index (Phi) is 8.13. The normalized spacial score (nSPS) is 14.5. The molecular weight excluding hydrogens is 475 g/mol. The van der Waals surface area contributed by atoms with E-state index in [2.05, 4.69) is 15.1 Å². The molecule has 1 aliphatic heterocycles. The highest BCUT2D eigenvalue weighted by molar-refractivity contribution is 8.00. The average Bonchev–Trinajstić information content (AvgIpc) is 2.84. The highest BCUT2D eigenvalue weighted by atomic mass is 35.5. The highest BCUT2D eigenvalue weighted by Gasteiger charge is 2.19. The molecular formula is C25H28ClFN4O2S. The summed E-state index contributed by atoms with van der Waals surface area (Å²) in [4.78, 5) is 29.8. The largest absolute Gasteiger partial charge is 0.367 e. The lowest BCUT2D eigenvalue weighted by molar-refractivity contribution is -0.118. The zero-order chi connectivity index (χ0) is 24.1. The fourth-order valence-electron chi connectivity index (χ4n) is 4.16. The minimum Gasteiger partial charge on any atom is -0.367 e. The van der Waals surface area contributed by atoms with Crippen molar-refractivity contribution in [3.8, 4) is 0 Å². The van der Waals surface area contributed by atoms with Gasteiger partial charge in [-0.05, 0) is 37.2 Å². The number of pyridine rings is 1. The molecule has 2 heterocycles. The van der Waals surface area contributed by atoms with E-state index in [1.54, 1.807) is 35.9 Å². The molecule has 0 saturated carbocycles. The number of piperazine rings is 1. The summed E-state index contributed by atoms with van der Waals surface area (Å²) in [6.07, 6.45) is 0.851. The molecule has 3 aromatic rings. The van der Waals surface area contributed by atoms with Crippen LogP contribution in [0.1, 0.15) is 6.42 Å². The maximum absolute atomic E-state index is 14.0. The third kappa shape index (κ3) is 5.92. The first kappa shape index (κ1) is 24.6. The third-order valence-corrected chi connectivity index (χ3v) is 7.36. The molecule has 1 saturated heterocycles. The average molecular weight is 503 g/mol. The van der Waals surface area contributed by atoms with Gasteiger partial charge in [0.1, 0.15) is 5.82 Å². The zero-order valence-corrected chi connectivity index (χ0v) is 20.7. The topological polar surface area (TPSA) is 57.6 Å². The van der Waals surface area contributed by atoms with Gasteiger partial charge in [0.05, 0.1) is 17.0 Å². The summed E-state index contributed by atoms with van der Waals surface area (Å²) in [7, 11) is 1.71. The monoisotopic (exact) mass is 502 g/mol. The molecule has 0 radical (unpaired) electrons. The summed E-state index contributed by atoms with van der Waals surface area (Å²) >= 11 is 7.44. The number of carbonyl (C=O) groups is 1. The van der Waals surface area contributed by atoms with E-state index in [0.29, 0.717) is 17.3 Å². The van der Waals surface area contributed by atoms with Crippen LogP contribution in [0.5, 0.6) is 0 Å². The second-order valence-corrected chi connectivity index (χ2v) is 9.79. The number of hydrogen-bond acceptors (Lipinski definition) is 5. The molecule has 9 heteroatoms. The van der Waals surface area contributed by atoms with Gasteiger partial charge in [-0.2, -0.15) is 0 Å². The van der Waals surface area contributed by atoms with E-state index in [1.165, 1.54) is 17.8 Å². The Bertz CT molecular complexity index is 1230. The lowest BCUT2D eigenvalue weighted by Gasteiger charge is -2.36. The molecule has 0 bridgehead atoms. The Morgan fingerprint density at radius 2 is 1.88 bits per heavy atom. The predicted octanol–water partition coefficient (Wildman–Crippen LogP) is 3.75. The van der Waals surface area contributed by atoms with Crippen molar-refractivity contribution in [2.75, 3.05) is 49.9 Å². The van der Waals surface area contributed by atoms with Crippen molar-refractivity contribution in [3.63, 3.8) is 0 Å². The van der Waals surface area contributed by atoms with E-state index in [0.717, 1.165) is 54.9 Å². The second-order valence-electron chi connectivity index (χ2n) is 8.34. The van der Waals surface area contributed by atoms with Gasteiger partial charge >= 0.3 is 0 Å². The Morgan fingerprint density at radius 1 is 1.12 bits per heavy atom. The van der Waals surface area contributed by atoms with Gasteiger partial charge in [-0.15, -0.1) is 11.8 Å². The molecule has 1 N–H and O–H groups in total. The number of aromatic nitrogens is 1. The minimum absolute atomic E-state index is 0.0582. The van der Waals surface area contributed by atoms with Crippen molar-refractivity contribution in [2.45, 2.75) is 11.3 Å². The number of halogens is 2. The number of thioether (sulfide) groups is 1. The summed E-state index contributed by atoms with van der Waals surface area (Å²) in [5.74, 6) is 0.00742. The van der Waals surface area contributed by atoms with Gasteiger partial charge in [0, 0.05) is 61.1 Å². The number of benzene rings is 2. The van der Waals surface area contributed by atoms with Crippen LogP contribution in [-0.2, 0) is 11.8 Å². The number of hydrogen-bond donors (Lipinski definition) is 1. The number of amides is 1. The summed E-state index contributed by atoms with van der Waals surface area (Å²) in [6.45, 7) is 4.81. The zero-order valence-electron chi connectivity index (χ0n) is 19.1. The molecule has 6 nitrogen and oxygen atoms in total. The first-order valence-corrected chi connectivity index (χ1v) is 12.7. The molecule has 180 valence electrons. The number of aryl methyl sites for hydroxylation is 1. The Hall–Kier alpha value is -2.55. The third-order valence-electron chi connectivity index (χ3n) is 6.07. The Labute approximate surface area is 207 Å². The van der Waals surface area contributed by atoms with E-state index in [4.69, 9.17) is 11.6 Å². The fourth-order valence-corrected chi connectivity index (χ4v) is 5.23. The van der Waals surface area contributed by atoms with Gasteiger partial charge in [0.2, 0.25) is 5.91 Å². The van der Waals surface area contributed by atoms with Gasteiger partial charge < -0.3 is 14.8 Å². The van der Waals surface area contributed by atoms with E-state index in [1.807, 2.05) is 18.2 Å². The summed E-state index contributed by atoms with van der Waals surface area (Å²) in [5.41, 5.74) is 1.28. The van der Waals surface area contributed by atoms with Crippen LogP contribution in [0.25, 0.3) is 10.9 Å². The van der Waals surface area contributed by atoms with E-state index in [9.17, 15) is 14.0 Å². The quantitative estimate of drug-likeness (QED) is 0.375.